The third-order valence-corrected chi connectivity index (χ3v) is 6.04. The van der Waals surface area contributed by atoms with Crippen LogP contribution in [0.25, 0.3) is 0 Å². The maximum absolute atomic E-state index is 12.8. The number of halogens is 5. The first-order valence-corrected chi connectivity index (χ1v) is 9.82. The summed E-state index contributed by atoms with van der Waals surface area (Å²) in [5.41, 5.74) is 1.17. The molecule has 0 saturated heterocycles. The average Bonchev–Trinajstić information content (AvgIpc) is 3.14. The highest BCUT2D eigenvalue weighted by molar-refractivity contribution is 7.98. The third-order valence-electron chi connectivity index (χ3n) is 3.98. The molecule has 27 heavy (non-hydrogen) atoms. The van der Waals surface area contributed by atoms with Crippen molar-refractivity contribution >= 4 is 35.0 Å². The van der Waals surface area contributed by atoms with E-state index in [1.54, 1.807) is 36.4 Å². The number of benzene rings is 2. The van der Waals surface area contributed by atoms with Gasteiger partial charge in [0, 0.05) is 29.9 Å². The molecule has 0 spiro atoms. The number of nitrogens with zero attached hydrogens (tertiary/aromatic N) is 2. The predicted molar refractivity (Wildman–Crippen MR) is 104 cm³/mol. The normalized spacial score (nSPS) is 12.9. The smallest absolute Gasteiger partial charge is 0.336 e. The van der Waals surface area contributed by atoms with Crippen molar-refractivity contribution in [1.82, 2.24) is 9.55 Å². The van der Waals surface area contributed by atoms with E-state index in [2.05, 4.69) is 4.98 Å². The van der Waals surface area contributed by atoms with Gasteiger partial charge in [0.25, 0.3) is 0 Å². The Morgan fingerprint density at radius 2 is 1.78 bits per heavy atom. The van der Waals surface area contributed by atoms with Gasteiger partial charge in [-0.25, -0.2) is 4.98 Å². The molecule has 0 radical (unpaired) electrons. The van der Waals surface area contributed by atoms with Gasteiger partial charge in [-0.2, -0.15) is 13.2 Å². The Labute approximate surface area is 169 Å². The average molecular weight is 431 g/mol. The molecule has 1 atom stereocenters. The fourth-order valence-corrected chi connectivity index (χ4v) is 4.07. The first-order chi connectivity index (χ1) is 12.8. The molecule has 2 aromatic carbocycles. The van der Waals surface area contributed by atoms with Gasteiger partial charge >= 0.3 is 6.18 Å². The lowest BCUT2D eigenvalue weighted by Gasteiger charge is -2.19. The van der Waals surface area contributed by atoms with Crippen molar-refractivity contribution in [3.63, 3.8) is 0 Å². The van der Waals surface area contributed by atoms with Crippen molar-refractivity contribution in [1.29, 1.82) is 0 Å². The molecule has 0 aliphatic rings. The molecular formula is C19H15Cl2F3N2S. The number of imidazole rings is 1. The van der Waals surface area contributed by atoms with Crippen LogP contribution in [0.1, 0.15) is 21.9 Å². The quantitative estimate of drug-likeness (QED) is 0.423. The van der Waals surface area contributed by atoms with E-state index in [0.717, 1.165) is 23.3 Å². The lowest BCUT2D eigenvalue weighted by atomic mass is 10.1. The molecule has 0 saturated carbocycles. The van der Waals surface area contributed by atoms with Crippen LogP contribution in [0.3, 0.4) is 0 Å². The highest BCUT2D eigenvalue weighted by Gasteiger charge is 2.30. The minimum atomic E-state index is -4.34. The van der Waals surface area contributed by atoms with E-state index in [9.17, 15) is 13.2 Å². The van der Waals surface area contributed by atoms with Gasteiger partial charge in [-0.15, -0.1) is 11.8 Å². The van der Waals surface area contributed by atoms with Gasteiger partial charge in [-0.05, 0) is 35.4 Å². The van der Waals surface area contributed by atoms with Crippen LogP contribution in [0, 0.1) is 0 Å². The zero-order chi connectivity index (χ0) is 19.4. The van der Waals surface area contributed by atoms with Crippen LogP contribution in [0.2, 0.25) is 10.0 Å². The number of hydrogen-bond acceptors (Lipinski definition) is 2. The highest BCUT2D eigenvalue weighted by atomic mass is 35.5. The van der Waals surface area contributed by atoms with Gasteiger partial charge in [0.05, 0.1) is 21.9 Å². The number of alkyl halides is 3. The summed E-state index contributed by atoms with van der Waals surface area (Å²) >= 11 is 13.6. The molecule has 3 aromatic rings. The largest absolute Gasteiger partial charge is 0.416 e. The second-order valence-corrected chi connectivity index (χ2v) is 7.93. The summed E-state index contributed by atoms with van der Waals surface area (Å²) in [5, 5.41) is 0.925. The predicted octanol–water partition coefficient (Wildman–Crippen LogP) is 6.88. The molecule has 0 bridgehead atoms. The summed E-state index contributed by atoms with van der Waals surface area (Å²) in [6.07, 6.45) is 0.854. The van der Waals surface area contributed by atoms with Gasteiger partial charge in [-0.3, -0.25) is 0 Å². The van der Waals surface area contributed by atoms with E-state index in [0.29, 0.717) is 22.3 Å². The van der Waals surface area contributed by atoms with E-state index in [1.807, 2.05) is 16.8 Å². The van der Waals surface area contributed by atoms with E-state index in [4.69, 9.17) is 23.2 Å². The van der Waals surface area contributed by atoms with Crippen molar-refractivity contribution in [3.8, 4) is 0 Å². The molecule has 1 heterocycles. The van der Waals surface area contributed by atoms with Crippen LogP contribution in [-0.2, 0) is 18.5 Å². The fraction of sp³-hybridized carbons (Fsp3) is 0.211. The SMILES string of the molecule is FC(F)(F)c1ccc(C(Cn2ccnc2)SCc2ccc(Cl)c(Cl)c2)cc1. The maximum Gasteiger partial charge on any atom is 0.416 e. The molecule has 8 heteroatoms. The van der Waals surface area contributed by atoms with E-state index >= 15 is 0 Å². The second kappa shape index (κ2) is 8.59. The third kappa shape index (κ3) is 5.43. The van der Waals surface area contributed by atoms with Gasteiger partial charge in [-0.1, -0.05) is 41.4 Å². The summed E-state index contributed by atoms with van der Waals surface area (Å²) in [6, 6.07) is 10.7. The summed E-state index contributed by atoms with van der Waals surface area (Å²) in [4.78, 5) is 4.03. The van der Waals surface area contributed by atoms with Crippen LogP contribution >= 0.6 is 35.0 Å². The van der Waals surface area contributed by atoms with Crippen molar-refractivity contribution in [2.24, 2.45) is 0 Å². The molecule has 142 valence electrons. The number of aromatic nitrogens is 2. The molecule has 0 aliphatic carbocycles. The molecule has 0 fully saturated rings. The molecule has 0 aliphatic heterocycles. The van der Waals surface area contributed by atoms with E-state index < -0.39 is 11.7 Å². The van der Waals surface area contributed by atoms with Gasteiger partial charge in [0.15, 0.2) is 0 Å². The van der Waals surface area contributed by atoms with Crippen LogP contribution in [-0.4, -0.2) is 9.55 Å². The van der Waals surface area contributed by atoms with Gasteiger partial charge < -0.3 is 4.57 Å². The van der Waals surface area contributed by atoms with Gasteiger partial charge in [0.1, 0.15) is 0 Å². The first-order valence-electron chi connectivity index (χ1n) is 8.01. The Morgan fingerprint density at radius 1 is 1.04 bits per heavy atom. The summed E-state index contributed by atoms with van der Waals surface area (Å²) in [6.45, 7) is 0.595. The summed E-state index contributed by atoms with van der Waals surface area (Å²) in [7, 11) is 0. The molecule has 0 amide bonds. The lowest BCUT2D eigenvalue weighted by Crippen LogP contribution is -2.08. The molecular weight excluding hydrogens is 416 g/mol. The van der Waals surface area contributed by atoms with E-state index in [-0.39, 0.29) is 5.25 Å². The van der Waals surface area contributed by atoms with Crippen LogP contribution in [0.4, 0.5) is 13.2 Å². The highest BCUT2D eigenvalue weighted by Crippen LogP contribution is 2.36. The summed E-state index contributed by atoms with van der Waals surface area (Å²) in [5.74, 6) is 0.650. The van der Waals surface area contributed by atoms with Crippen molar-refractivity contribution in [3.05, 3.63) is 87.9 Å². The van der Waals surface area contributed by atoms with Crippen molar-refractivity contribution < 1.29 is 13.2 Å². The minimum absolute atomic E-state index is 0.0454. The summed E-state index contributed by atoms with van der Waals surface area (Å²) < 4.78 is 40.4. The number of thioether (sulfide) groups is 1. The molecule has 1 aromatic heterocycles. The molecule has 1 unspecified atom stereocenters. The molecule has 2 nitrogen and oxygen atoms in total. The number of hydrogen-bond donors (Lipinski definition) is 0. The zero-order valence-corrected chi connectivity index (χ0v) is 16.3. The molecule has 3 rings (SSSR count). The van der Waals surface area contributed by atoms with E-state index in [1.165, 1.54) is 12.1 Å². The molecule has 0 N–H and O–H groups in total. The van der Waals surface area contributed by atoms with Crippen molar-refractivity contribution in [2.45, 2.75) is 23.7 Å². The van der Waals surface area contributed by atoms with Crippen LogP contribution in [0.5, 0.6) is 0 Å². The Hall–Kier alpha value is -1.63. The first kappa shape index (κ1) is 20.1. The fourth-order valence-electron chi connectivity index (χ4n) is 2.55. The Kier molecular flexibility index (Phi) is 6.40. The topological polar surface area (TPSA) is 17.8 Å². The second-order valence-electron chi connectivity index (χ2n) is 5.93. The standard InChI is InChI=1S/C19H15Cl2F3N2S/c20-16-6-1-13(9-17(16)21)11-27-18(10-26-8-7-25-12-26)14-2-4-15(5-3-14)19(22,23)24/h1-9,12,18H,10-11H2. The minimum Gasteiger partial charge on any atom is -0.336 e. The van der Waals surface area contributed by atoms with Crippen LogP contribution < -0.4 is 0 Å². The monoisotopic (exact) mass is 430 g/mol. The maximum atomic E-state index is 12.8. The van der Waals surface area contributed by atoms with Crippen molar-refractivity contribution in [2.75, 3.05) is 0 Å². The van der Waals surface area contributed by atoms with Gasteiger partial charge in [0.2, 0.25) is 0 Å². The Morgan fingerprint density at radius 3 is 2.37 bits per heavy atom. The number of rotatable bonds is 6. The Balaban J connectivity index is 1.79. The zero-order valence-electron chi connectivity index (χ0n) is 14.0. The lowest BCUT2D eigenvalue weighted by molar-refractivity contribution is -0.137. The van der Waals surface area contributed by atoms with Crippen LogP contribution in [0.15, 0.2) is 61.2 Å². The Bertz CT molecular complexity index is 881.